The summed E-state index contributed by atoms with van der Waals surface area (Å²) in [5.74, 6) is 1.13. The van der Waals surface area contributed by atoms with E-state index in [1.807, 2.05) is 18.7 Å². The largest absolute Gasteiger partial charge is 0.246 e. The molecule has 1 aliphatic heterocycles. The van der Waals surface area contributed by atoms with E-state index in [0.29, 0.717) is 0 Å². The molecule has 0 radical (unpaired) electrons. The summed E-state index contributed by atoms with van der Waals surface area (Å²) in [6.07, 6.45) is 1.10. The van der Waals surface area contributed by atoms with Crippen molar-refractivity contribution in [1.29, 1.82) is 0 Å². The zero-order valence-electron chi connectivity index (χ0n) is 8.05. The van der Waals surface area contributed by atoms with E-state index >= 15 is 0 Å². The zero-order valence-corrected chi connectivity index (χ0v) is 8.87. The van der Waals surface area contributed by atoms with Gasteiger partial charge in [0, 0.05) is 17.0 Å². The number of aromatic nitrogens is 1. The van der Waals surface area contributed by atoms with Gasteiger partial charge in [-0.2, -0.15) is 0 Å². The van der Waals surface area contributed by atoms with Crippen LogP contribution in [0.5, 0.6) is 0 Å². The van der Waals surface area contributed by atoms with Crippen molar-refractivity contribution in [2.45, 2.75) is 25.3 Å². The molecule has 1 nitrogen and oxygen atoms in total. The van der Waals surface area contributed by atoms with E-state index in [1.54, 1.807) is 0 Å². The van der Waals surface area contributed by atoms with Gasteiger partial charge in [0.15, 0.2) is 0 Å². The third kappa shape index (κ3) is 1.51. The minimum Gasteiger partial charge on any atom is -0.246 e. The van der Waals surface area contributed by atoms with Crippen LogP contribution in [0.25, 0.3) is 5.57 Å². The molecule has 0 atom stereocenters. The van der Waals surface area contributed by atoms with Gasteiger partial charge in [-0.25, -0.2) is 4.98 Å². The van der Waals surface area contributed by atoms with Gasteiger partial charge in [0.2, 0.25) is 0 Å². The van der Waals surface area contributed by atoms with Gasteiger partial charge in [0.05, 0.1) is 0 Å². The number of thioether (sulfide) groups is 1. The average molecular weight is 191 g/mol. The molecule has 1 aliphatic rings. The number of hydrogen-bond donors (Lipinski definition) is 0. The van der Waals surface area contributed by atoms with Crippen LogP contribution in [0.1, 0.15) is 23.2 Å². The SMILES string of the molecule is C=C1CCSc2nc(C)cc(C)c21. The van der Waals surface area contributed by atoms with Crippen molar-refractivity contribution in [1.82, 2.24) is 4.98 Å². The molecule has 0 N–H and O–H groups in total. The third-order valence-corrected chi connectivity index (χ3v) is 3.28. The van der Waals surface area contributed by atoms with Crippen LogP contribution in [0.4, 0.5) is 0 Å². The first-order valence-electron chi connectivity index (χ1n) is 4.47. The molecule has 68 valence electrons. The topological polar surface area (TPSA) is 12.9 Å². The smallest absolute Gasteiger partial charge is 0.104 e. The molecule has 1 aromatic heterocycles. The summed E-state index contributed by atoms with van der Waals surface area (Å²) in [4.78, 5) is 4.53. The Bertz CT molecular complexity index is 369. The molecule has 2 rings (SSSR count). The highest BCUT2D eigenvalue weighted by molar-refractivity contribution is 7.99. The van der Waals surface area contributed by atoms with Gasteiger partial charge in [-0.3, -0.25) is 0 Å². The Labute approximate surface area is 83.3 Å². The molecule has 0 bridgehead atoms. The molecule has 13 heavy (non-hydrogen) atoms. The first kappa shape index (κ1) is 8.82. The van der Waals surface area contributed by atoms with Crippen LogP contribution in [0, 0.1) is 13.8 Å². The molecule has 2 heteroatoms. The van der Waals surface area contributed by atoms with Crippen molar-refractivity contribution < 1.29 is 0 Å². The maximum atomic E-state index is 4.53. The van der Waals surface area contributed by atoms with Gasteiger partial charge < -0.3 is 0 Å². The van der Waals surface area contributed by atoms with Crippen molar-refractivity contribution in [3.63, 3.8) is 0 Å². The number of rotatable bonds is 0. The molecule has 0 aliphatic carbocycles. The Hall–Kier alpha value is -0.760. The summed E-state index contributed by atoms with van der Waals surface area (Å²) < 4.78 is 0. The lowest BCUT2D eigenvalue weighted by Crippen LogP contribution is -2.03. The molecule has 2 heterocycles. The summed E-state index contributed by atoms with van der Waals surface area (Å²) in [6, 6.07) is 2.13. The summed E-state index contributed by atoms with van der Waals surface area (Å²) >= 11 is 1.85. The molecule has 1 aromatic rings. The number of nitrogens with zero attached hydrogens (tertiary/aromatic N) is 1. The van der Waals surface area contributed by atoms with Crippen LogP contribution >= 0.6 is 11.8 Å². The zero-order chi connectivity index (χ0) is 9.42. The summed E-state index contributed by atoms with van der Waals surface area (Å²) in [5.41, 5.74) is 4.97. The fourth-order valence-corrected chi connectivity index (χ4v) is 2.93. The number of pyridine rings is 1. The molecule has 0 unspecified atom stereocenters. The Morgan fingerprint density at radius 1 is 1.46 bits per heavy atom. The average Bonchev–Trinajstić information content (AvgIpc) is 2.02. The lowest BCUT2D eigenvalue weighted by molar-refractivity contribution is 1.00. The second-order valence-electron chi connectivity index (χ2n) is 3.46. The van der Waals surface area contributed by atoms with E-state index in [4.69, 9.17) is 0 Å². The summed E-state index contributed by atoms with van der Waals surface area (Å²) in [7, 11) is 0. The van der Waals surface area contributed by atoms with Gasteiger partial charge in [0.1, 0.15) is 5.03 Å². The van der Waals surface area contributed by atoms with E-state index in [2.05, 4.69) is 24.6 Å². The van der Waals surface area contributed by atoms with Gasteiger partial charge in [-0.05, 0) is 37.5 Å². The van der Waals surface area contributed by atoms with Gasteiger partial charge in [-0.1, -0.05) is 6.58 Å². The minimum absolute atomic E-state index is 1.10. The minimum atomic E-state index is 1.10. The Morgan fingerprint density at radius 3 is 3.00 bits per heavy atom. The standard InChI is InChI=1S/C11H13NS/c1-7-4-5-13-11-10(7)8(2)6-9(3)12-11/h6H,1,4-5H2,2-3H3. The second kappa shape index (κ2) is 3.18. The predicted octanol–water partition coefficient (Wildman–Crippen LogP) is 3.21. The summed E-state index contributed by atoms with van der Waals surface area (Å²) in [6.45, 7) is 8.28. The van der Waals surface area contributed by atoms with Gasteiger partial charge in [-0.15, -0.1) is 11.8 Å². The normalized spacial score (nSPS) is 15.7. The van der Waals surface area contributed by atoms with E-state index < -0.39 is 0 Å². The van der Waals surface area contributed by atoms with Gasteiger partial charge in [0.25, 0.3) is 0 Å². The first-order chi connectivity index (χ1) is 6.18. The predicted molar refractivity (Wildman–Crippen MR) is 58.1 cm³/mol. The summed E-state index contributed by atoms with van der Waals surface area (Å²) in [5, 5.41) is 1.17. The fraction of sp³-hybridized carbons (Fsp3) is 0.364. The van der Waals surface area contributed by atoms with Crippen molar-refractivity contribution in [2.75, 3.05) is 5.75 Å². The second-order valence-corrected chi connectivity index (χ2v) is 4.55. The molecule has 0 spiro atoms. The lowest BCUT2D eigenvalue weighted by atomic mass is 10.0. The molecule has 0 amide bonds. The number of allylic oxidation sites excluding steroid dienone is 1. The Morgan fingerprint density at radius 2 is 2.23 bits per heavy atom. The monoisotopic (exact) mass is 191 g/mol. The molecular weight excluding hydrogens is 178 g/mol. The maximum absolute atomic E-state index is 4.53. The quantitative estimate of drug-likeness (QED) is 0.624. The maximum Gasteiger partial charge on any atom is 0.104 e. The van der Waals surface area contributed by atoms with Crippen LogP contribution in [-0.4, -0.2) is 10.7 Å². The van der Waals surface area contributed by atoms with Crippen LogP contribution in [0.3, 0.4) is 0 Å². The first-order valence-corrected chi connectivity index (χ1v) is 5.46. The van der Waals surface area contributed by atoms with E-state index in [-0.39, 0.29) is 0 Å². The van der Waals surface area contributed by atoms with Crippen LogP contribution < -0.4 is 0 Å². The highest BCUT2D eigenvalue weighted by Crippen LogP contribution is 2.36. The van der Waals surface area contributed by atoms with Gasteiger partial charge >= 0.3 is 0 Å². The number of hydrogen-bond acceptors (Lipinski definition) is 2. The lowest BCUT2D eigenvalue weighted by Gasteiger charge is -2.19. The van der Waals surface area contributed by atoms with Crippen LogP contribution in [-0.2, 0) is 0 Å². The molecule has 0 saturated heterocycles. The molecule has 0 aromatic carbocycles. The molecule has 0 fully saturated rings. The van der Waals surface area contributed by atoms with Crippen molar-refractivity contribution in [3.8, 4) is 0 Å². The highest BCUT2D eigenvalue weighted by atomic mass is 32.2. The third-order valence-electron chi connectivity index (χ3n) is 2.31. The highest BCUT2D eigenvalue weighted by Gasteiger charge is 2.16. The fourth-order valence-electron chi connectivity index (χ4n) is 1.73. The molecular formula is C11H13NS. The number of aryl methyl sites for hydroxylation is 2. The van der Waals surface area contributed by atoms with Crippen LogP contribution in [0.2, 0.25) is 0 Å². The Kier molecular flexibility index (Phi) is 2.16. The van der Waals surface area contributed by atoms with E-state index in [0.717, 1.165) is 17.9 Å². The van der Waals surface area contributed by atoms with E-state index in [9.17, 15) is 0 Å². The van der Waals surface area contributed by atoms with Crippen molar-refractivity contribution in [2.24, 2.45) is 0 Å². The Balaban J connectivity index is 2.63. The van der Waals surface area contributed by atoms with Crippen molar-refractivity contribution >= 4 is 17.3 Å². The number of fused-ring (bicyclic) bond motifs is 1. The van der Waals surface area contributed by atoms with E-state index in [1.165, 1.54) is 21.7 Å². The van der Waals surface area contributed by atoms with Crippen molar-refractivity contribution in [3.05, 3.63) is 29.5 Å². The molecule has 0 saturated carbocycles. The van der Waals surface area contributed by atoms with Crippen LogP contribution in [0.15, 0.2) is 17.7 Å².